The lowest BCUT2D eigenvalue weighted by atomic mass is 9.97. The second-order valence-corrected chi connectivity index (χ2v) is 3.64. The van der Waals surface area contributed by atoms with Crippen LogP contribution in [0.5, 0.6) is 0 Å². The molecule has 0 amide bonds. The smallest absolute Gasteiger partial charge is 0.147 e. The molecule has 1 rings (SSSR count). The highest BCUT2D eigenvalue weighted by Crippen LogP contribution is 2.21. The highest BCUT2D eigenvalue weighted by atomic mass is 79.9. The van der Waals surface area contributed by atoms with Gasteiger partial charge < -0.3 is 5.11 Å². The monoisotopic (exact) mass is 224 g/mol. The van der Waals surface area contributed by atoms with E-state index in [2.05, 4.69) is 21.9 Å². The Kier molecular flexibility index (Phi) is 2.56. The van der Waals surface area contributed by atoms with E-state index >= 15 is 0 Å². The lowest BCUT2D eigenvalue weighted by molar-refractivity contribution is 0.122. The Balaban J connectivity index is 3.07. The third-order valence-corrected chi connectivity index (χ3v) is 2.22. The Bertz CT molecular complexity index is 306. The lowest BCUT2D eigenvalue weighted by Gasteiger charge is -2.16. The summed E-state index contributed by atoms with van der Waals surface area (Å²) in [6.07, 6.45) is 5.16. The Morgan fingerprint density at radius 3 is 2.33 bits per heavy atom. The number of halogens is 1. The van der Waals surface area contributed by atoms with Crippen molar-refractivity contribution in [2.24, 2.45) is 0 Å². The standard InChI is InChI=1S/C10H9BrO/c1-3-10(2,12)8-4-6-9(11)7-5-8/h1,4-7,12H,2H3. The largest absolute Gasteiger partial charge is 0.374 e. The van der Waals surface area contributed by atoms with Gasteiger partial charge in [0.25, 0.3) is 0 Å². The van der Waals surface area contributed by atoms with E-state index in [1.54, 1.807) is 19.1 Å². The van der Waals surface area contributed by atoms with Gasteiger partial charge in [-0.05, 0) is 24.6 Å². The zero-order chi connectivity index (χ0) is 9.19. The number of rotatable bonds is 1. The third-order valence-electron chi connectivity index (χ3n) is 1.69. The van der Waals surface area contributed by atoms with Gasteiger partial charge in [-0.25, -0.2) is 0 Å². The molecular weight excluding hydrogens is 216 g/mol. The van der Waals surface area contributed by atoms with Crippen molar-refractivity contribution >= 4 is 15.9 Å². The fraction of sp³-hybridized carbons (Fsp3) is 0.200. The molecule has 1 N–H and O–H groups in total. The number of terminal acetylenes is 1. The highest BCUT2D eigenvalue weighted by Gasteiger charge is 2.18. The zero-order valence-electron chi connectivity index (χ0n) is 6.71. The van der Waals surface area contributed by atoms with E-state index in [9.17, 15) is 5.11 Å². The first kappa shape index (κ1) is 9.31. The summed E-state index contributed by atoms with van der Waals surface area (Å²) in [6.45, 7) is 1.59. The van der Waals surface area contributed by atoms with Gasteiger partial charge in [-0.3, -0.25) is 0 Å². The second kappa shape index (κ2) is 3.30. The van der Waals surface area contributed by atoms with Gasteiger partial charge in [-0.1, -0.05) is 34.0 Å². The number of hydrogen-bond donors (Lipinski definition) is 1. The molecule has 0 spiro atoms. The van der Waals surface area contributed by atoms with Crippen LogP contribution in [0.4, 0.5) is 0 Å². The second-order valence-electron chi connectivity index (χ2n) is 2.72. The zero-order valence-corrected chi connectivity index (χ0v) is 8.30. The molecule has 0 saturated heterocycles. The highest BCUT2D eigenvalue weighted by molar-refractivity contribution is 9.10. The maximum atomic E-state index is 9.63. The fourth-order valence-corrected chi connectivity index (χ4v) is 1.12. The predicted octanol–water partition coefficient (Wildman–Crippen LogP) is 2.29. The van der Waals surface area contributed by atoms with Crippen molar-refractivity contribution in [2.45, 2.75) is 12.5 Å². The minimum absolute atomic E-state index is 0.730. The summed E-state index contributed by atoms with van der Waals surface area (Å²) in [4.78, 5) is 0. The summed E-state index contributed by atoms with van der Waals surface area (Å²) < 4.78 is 0.971. The van der Waals surface area contributed by atoms with Crippen LogP contribution < -0.4 is 0 Å². The molecule has 2 heteroatoms. The van der Waals surface area contributed by atoms with Crippen LogP contribution in [0.3, 0.4) is 0 Å². The van der Waals surface area contributed by atoms with Gasteiger partial charge >= 0.3 is 0 Å². The van der Waals surface area contributed by atoms with Gasteiger partial charge in [-0.15, -0.1) is 6.42 Å². The third kappa shape index (κ3) is 1.88. The van der Waals surface area contributed by atoms with Gasteiger partial charge in [0.15, 0.2) is 0 Å². The molecule has 1 aromatic carbocycles. The van der Waals surface area contributed by atoms with Crippen molar-refractivity contribution in [3.05, 3.63) is 34.3 Å². The lowest BCUT2D eigenvalue weighted by Crippen LogP contribution is -2.17. The SMILES string of the molecule is C#CC(C)(O)c1ccc(Br)cc1. The molecule has 0 bridgehead atoms. The molecule has 0 heterocycles. The summed E-state index contributed by atoms with van der Waals surface area (Å²) >= 11 is 3.30. The Labute approximate surface area is 80.6 Å². The Hall–Kier alpha value is -0.780. The van der Waals surface area contributed by atoms with Crippen molar-refractivity contribution in [2.75, 3.05) is 0 Å². The van der Waals surface area contributed by atoms with Gasteiger partial charge in [0.1, 0.15) is 5.60 Å². The first-order valence-electron chi connectivity index (χ1n) is 3.52. The maximum Gasteiger partial charge on any atom is 0.147 e. The van der Waals surface area contributed by atoms with Crippen LogP contribution >= 0.6 is 15.9 Å². The van der Waals surface area contributed by atoms with E-state index in [-0.39, 0.29) is 0 Å². The molecule has 1 nitrogen and oxygen atoms in total. The van der Waals surface area contributed by atoms with Crippen molar-refractivity contribution in [3.8, 4) is 12.3 Å². The molecular formula is C10H9BrO. The molecule has 12 heavy (non-hydrogen) atoms. The van der Waals surface area contributed by atoms with Crippen LogP contribution in [-0.4, -0.2) is 5.11 Å². The molecule has 0 aliphatic carbocycles. The van der Waals surface area contributed by atoms with Crippen LogP contribution in [0.2, 0.25) is 0 Å². The number of aliphatic hydroxyl groups is 1. The Morgan fingerprint density at radius 1 is 1.42 bits per heavy atom. The average molecular weight is 225 g/mol. The van der Waals surface area contributed by atoms with Crippen molar-refractivity contribution in [3.63, 3.8) is 0 Å². The first-order valence-corrected chi connectivity index (χ1v) is 4.32. The maximum absolute atomic E-state index is 9.63. The molecule has 62 valence electrons. The molecule has 0 radical (unpaired) electrons. The number of benzene rings is 1. The van der Waals surface area contributed by atoms with E-state index in [1.807, 2.05) is 12.1 Å². The van der Waals surface area contributed by atoms with E-state index < -0.39 is 5.60 Å². The molecule has 0 aliphatic heterocycles. The van der Waals surface area contributed by atoms with Crippen molar-refractivity contribution in [1.29, 1.82) is 0 Å². The molecule has 0 saturated carbocycles. The van der Waals surface area contributed by atoms with Gasteiger partial charge in [0.2, 0.25) is 0 Å². The average Bonchev–Trinajstić information content (AvgIpc) is 2.05. The van der Waals surface area contributed by atoms with Crippen LogP contribution in [0, 0.1) is 12.3 Å². The summed E-state index contributed by atoms with van der Waals surface area (Å²) in [5.74, 6) is 2.32. The summed E-state index contributed by atoms with van der Waals surface area (Å²) in [5, 5.41) is 9.63. The fourth-order valence-electron chi connectivity index (χ4n) is 0.858. The van der Waals surface area contributed by atoms with Crippen LogP contribution in [0.25, 0.3) is 0 Å². The summed E-state index contributed by atoms with van der Waals surface area (Å²) in [5.41, 5.74) is -0.436. The van der Waals surface area contributed by atoms with E-state index in [1.165, 1.54) is 0 Å². The van der Waals surface area contributed by atoms with Crippen LogP contribution in [0.1, 0.15) is 12.5 Å². The van der Waals surface area contributed by atoms with Gasteiger partial charge in [0.05, 0.1) is 0 Å². The van der Waals surface area contributed by atoms with E-state index in [0.29, 0.717) is 0 Å². The van der Waals surface area contributed by atoms with Gasteiger partial charge in [-0.2, -0.15) is 0 Å². The first-order chi connectivity index (χ1) is 5.56. The van der Waals surface area contributed by atoms with E-state index in [0.717, 1.165) is 10.0 Å². The van der Waals surface area contributed by atoms with Crippen LogP contribution in [-0.2, 0) is 5.60 Å². The quantitative estimate of drug-likeness (QED) is 0.727. The molecule has 0 aromatic heterocycles. The molecule has 0 aliphatic rings. The van der Waals surface area contributed by atoms with E-state index in [4.69, 9.17) is 6.42 Å². The summed E-state index contributed by atoms with van der Waals surface area (Å²) in [7, 11) is 0. The summed E-state index contributed by atoms with van der Waals surface area (Å²) in [6, 6.07) is 7.29. The number of hydrogen-bond acceptors (Lipinski definition) is 1. The molecule has 1 aromatic rings. The molecule has 0 fully saturated rings. The molecule has 1 unspecified atom stereocenters. The van der Waals surface area contributed by atoms with Gasteiger partial charge in [0, 0.05) is 4.47 Å². The van der Waals surface area contributed by atoms with Crippen LogP contribution in [0.15, 0.2) is 28.7 Å². The Morgan fingerprint density at radius 2 is 1.92 bits per heavy atom. The molecule has 1 atom stereocenters. The minimum atomic E-state index is -1.17. The predicted molar refractivity (Wildman–Crippen MR) is 52.5 cm³/mol. The van der Waals surface area contributed by atoms with Crippen molar-refractivity contribution in [1.82, 2.24) is 0 Å². The van der Waals surface area contributed by atoms with Crippen molar-refractivity contribution < 1.29 is 5.11 Å². The normalized spacial score (nSPS) is 14.8. The minimum Gasteiger partial charge on any atom is -0.374 e. The topological polar surface area (TPSA) is 20.2 Å².